The molecule has 1 aliphatic rings. The molecular weight excluding hydrogens is 527 g/mol. The van der Waals surface area contributed by atoms with Gasteiger partial charge in [0.2, 0.25) is 5.95 Å². The molecule has 1 fully saturated rings. The van der Waals surface area contributed by atoms with E-state index in [9.17, 15) is 18.0 Å². The first-order chi connectivity index (χ1) is 19.2. The fraction of sp³-hybridized carbons (Fsp3) is 0.231. The van der Waals surface area contributed by atoms with Gasteiger partial charge in [-0.2, -0.15) is 18.3 Å². The molecule has 4 heterocycles. The van der Waals surface area contributed by atoms with E-state index in [0.29, 0.717) is 41.5 Å². The van der Waals surface area contributed by atoms with Crippen LogP contribution < -0.4 is 21.3 Å². The Bertz CT molecular complexity index is 1690. The highest BCUT2D eigenvalue weighted by atomic mass is 19.4. The first-order valence-electron chi connectivity index (χ1n) is 12.4. The highest BCUT2D eigenvalue weighted by Crippen LogP contribution is 2.34. The minimum absolute atomic E-state index is 0.00878. The molecule has 14 heteroatoms. The lowest BCUT2D eigenvalue weighted by Gasteiger charge is -2.28. The number of rotatable bonds is 6. The van der Waals surface area contributed by atoms with Gasteiger partial charge in [-0.1, -0.05) is 12.1 Å². The van der Waals surface area contributed by atoms with Crippen molar-refractivity contribution in [3.63, 3.8) is 0 Å². The summed E-state index contributed by atoms with van der Waals surface area (Å²) in [5.74, 6) is -0.278. The number of benzene rings is 2. The third-order valence-corrected chi connectivity index (χ3v) is 6.57. The van der Waals surface area contributed by atoms with Gasteiger partial charge >= 0.3 is 6.18 Å². The summed E-state index contributed by atoms with van der Waals surface area (Å²) in [7, 11) is 0. The second-order valence-electron chi connectivity index (χ2n) is 9.24. The van der Waals surface area contributed by atoms with Crippen molar-refractivity contribution in [1.82, 2.24) is 29.9 Å². The number of imidazole rings is 1. The highest BCUT2D eigenvalue weighted by molar-refractivity contribution is 6.07. The molecule has 3 aromatic heterocycles. The zero-order chi connectivity index (χ0) is 27.9. The van der Waals surface area contributed by atoms with E-state index >= 15 is 0 Å². The molecule has 0 aliphatic carbocycles. The number of H-pyrrole nitrogens is 1. The zero-order valence-corrected chi connectivity index (χ0v) is 21.0. The number of aromatic nitrogens is 5. The Kier molecular flexibility index (Phi) is 6.38. The maximum absolute atomic E-state index is 12.7. The molecule has 2 aromatic carbocycles. The van der Waals surface area contributed by atoms with E-state index in [4.69, 9.17) is 10.5 Å². The maximum atomic E-state index is 12.7. The van der Waals surface area contributed by atoms with Crippen LogP contribution in [0.1, 0.15) is 10.4 Å². The Morgan fingerprint density at radius 2 is 1.90 bits per heavy atom. The monoisotopic (exact) mass is 551 g/mol. The number of nitrogens with one attached hydrogen (secondary N) is 3. The van der Waals surface area contributed by atoms with Crippen molar-refractivity contribution >= 4 is 45.6 Å². The molecule has 0 saturated carbocycles. The smallest absolute Gasteiger partial charge is 0.382 e. The molecule has 40 heavy (non-hydrogen) atoms. The van der Waals surface area contributed by atoms with E-state index in [1.54, 1.807) is 24.3 Å². The highest BCUT2D eigenvalue weighted by Gasteiger charge is 2.29. The molecule has 0 radical (unpaired) electrons. The molecule has 1 saturated heterocycles. The number of morpholine rings is 1. The van der Waals surface area contributed by atoms with Gasteiger partial charge in [0, 0.05) is 36.2 Å². The molecule has 0 spiro atoms. The van der Waals surface area contributed by atoms with Gasteiger partial charge in [-0.15, -0.1) is 0 Å². The van der Waals surface area contributed by atoms with Crippen molar-refractivity contribution in [1.29, 1.82) is 0 Å². The molecule has 1 aliphatic heterocycles. The number of alkyl halides is 3. The van der Waals surface area contributed by atoms with Crippen LogP contribution in [0.2, 0.25) is 0 Å². The number of hydrogen-bond donors (Lipinski definition) is 4. The number of halogens is 3. The number of nitrogens with two attached hydrogens (primary N) is 1. The van der Waals surface area contributed by atoms with Crippen molar-refractivity contribution < 1.29 is 22.7 Å². The topological polar surface area (TPSA) is 138 Å². The zero-order valence-electron chi connectivity index (χ0n) is 21.0. The van der Waals surface area contributed by atoms with E-state index in [1.807, 2.05) is 17.4 Å². The van der Waals surface area contributed by atoms with Gasteiger partial charge < -0.3 is 31.0 Å². The molecular formula is C26H24F3N9O2. The number of nitrogens with zero attached hydrogens (tertiary/aromatic N) is 5. The molecule has 5 N–H and O–H groups in total. The molecule has 11 nitrogen and oxygen atoms in total. The minimum atomic E-state index is -4.55. The number of amides is 1. The van der Waals surface area contributed by atoms with E-state index in [0.717, 1.165) is 29.8 Å². The third kappa shape index (κ3) is 5.08. The van der Waals surface area contributed by atoms with Gasteiger partial charge in [0.1, 0.15) is 18.4 Å². The van der Waals surface area contributed by atoms with Gasteiger partial charge in [-0.3, -0.25) is 4.79 Å². The van der Waals surface area contributed by atoms with Crippen molar-refractivity contribution in [2.75, 3.05) is 48.8 Å². The van der Waals surface area contributed by atoms with Crippen molar-refractivity contribution in [3.8, 4) is 11.1 Å². The van der Waals surface area contributed by atoms with Crippen LogP contribution in [-0.4, -0.2) is 69.5 Å². The number of ether oxygens (including phenoxy) is 1. The standard InChI is InChI=1S/C26H24F3N9O2/c27-26(28,29)13-31-24(39)18-12-38-22(23(30)32-14-33-38)21(18)15-1-3-16(4-2-15)34-25-35-19-6-5-17(11-20(19)36-25)37-7-9-40-10-8-37/h1-6,11-12,14H,7-10,13H2,(H,31,39)(H2,30,32,33)(H2,34,35,36). The molecule has 206 valence electrons. The summed E-state index contributed by atoms with van der Waals surface area (Å²) in [4.78, 5) is 26.9. The number of nitrogen functional groups attached to an aromatic ring is 1. The largest absolute Gasteiger partial charge is 0.405 e. The molecule has 6 rings (SSSR count). The van der Waals surface area contributed by atoms with Gasteiger partial charge in [0.15, 0.2) is 5.82 Å². The first kappa shape index (κ1) is 25.4. The average molecular weight is 552 g/mol. The number of anilines is 4. The predicted molar refractivity (Wildman–Crippen MR) is 144 cm³/mol. The van der Waals surface area contributed by atoms with Crippen LogP contribution in [0.25, 0.3) is 27.7 Å². The number of hydrogen-bond acceptors (Lipinski definition) is 8. The second kappa shape index (κ2) is 10.0. The van der Waals surface area contributed by atoms with Gasteiger partial charge in [0.05, 0.1) is 29.8 Å². The quantitative estimate of drug-likeness (QED) is 0.251. The van der Waals surface area contributed by atoms with E-state index in [2.05, 4.69) is 36.3 Å². The molecule has 5 aromatic rings. The summed E-state index contributed by atoms with van der Waals surface area (Å²) >= 11 is 0. The van der Waals surface area contributed by atoms with E-state index in [-0.39, 0.29) is 11.4 Å². The Morgan fingerprint density at radius 1 is 1.12 bits per heavy atom. The number of aromatic amines is 1. The fourth-order valence-corrected chi connectivity index (χ4v) is 4.71. The lowest BCUT2D eigenvalue weighted by molar-refractivity contribution is -0.123. The van der Waals surface area contributed by atoms with Crippen LogP contribution in [0.5, 0.6) is 0 Å². The normalized spacial score (nSPS) is 14.1. The Labute approximate surface area is 225 Å². The summed E-state index contributed by atoms with van der Waals surface area (Å²) < 4.78 is 45.0. The van der Waals surface area contributed by atoms with E-state index < -0.39 is 18.6 Å². The summed E-state index contributed by atoms with van der Waals surface area (Å²) in [6, 6.07) is 13.0. The molecule has 1 amide bonds. The van der Waals surface area contributed by atoms with Crippen LogP contribution in [-0.2, 0) is 4.74 Å². The average Bonchev–Trinajstić information content (AvgIpc) is 3.54. The number of carbonyl (C=O) groups excluding carboxylic acids is 1. The molecule has 0 bridgehead atoms. The van der Waals surface area contributed by atoms with Gasteiger partial charge in [-0.25, -0.2) is 14.5 Å². The van der Waals surface area contributed by atoms with Crippen LogP contribution >= 0.6 is 0 Å². The van der Waals surface area contributed by atoms with Crippen LogP contribution in [0.15, 0.2) is 55.0 Å². The lowest BCUT2D eigenvalue weighted by Crippen LogP contribution is -2.36. The SMILES string of the molecule is Nc1ncnn2cc(C(=O)NCC(F)(F)F)c(-c3ccc(Nc4nc5ccc(N6CCOCC6)cc5[nH]4)cc3)c12. The molecule has 0 atom stereocenters. The van der Waals surface area contributed by atoms with Crippen molar-refractivity contribution in [2.24, 2.45) is 0 Å². The Hall–Kier alpha value is -4.85. The van der Waals surface area contributed by atoms with Crippen molar-refractivity contribution in [2.45, 2.75) is 6.18 Å². The van der Waals surface area contributed by atoms with Gasteiger partial charge in [-0.05, 0) is 35.9 Å². The second-order valence-corrected chi connectivity index (χ2v) is 9.24. The lowest BCUT2D eigenvalue weighted by atomic mass is 10.0. The van der Waals surface area contributed by atoms with Crippen LogP contribution in [0.3, 0.4) is 0 Å². The number of carbonyl (C=O) groups is 1. The summed E-state index contributed by atoms with van der Waals surface area (Å²) in [5.41, 5.74) is 10.7. The Balaban J connectivity index is 1.27. The van der Waals surface area contributed by atoms with Crippen molar-refractivity contribution in [3.05, 3.63) is 60.6 Å². The van der Waals surface area contributed by atoms with Crippen LogP contribution in [0, 0.1) is 0 Å². The fourth-order valence-electron chi connectivity index (χ4n) is 4.71. The molecule has 0 unspecified atom stereocenters. The van der Waals surface area contributed by atoms with Gasteiger partial charge in [0.25, 0.3) is 5.91 Å². The first-order valence-corrected chi connectivity index (χ1v) is 12.4. The van der Waals surface area contributed by atoms with E-state index in [1.165, 1.54) is 17.0 Å². The van der Waals surface area contributed by atoms with Crippen LogP contribution in [0.4, 0.5) is 36.3 Å². The maximum Gasteiger partial charge on any atom is 0.405 e. The predicted octanol–water partition coefficient (Wildman–Crippen LogP) is 3.73. The summed E-state index contributed by atoms with van der Waals surface area (Å²) in [5, 5.41) is 9.20. The Morgan fingerprint density at radius 3 is 2.65 bits per heavy atom. The number of fused-ring (bicyclic) bond motifs is 2. The third-order valence-electron chi connectivity index (χ3n) is 6.57. The minimum Gasteiger partial charge on any atom is -0.382 e. The summed E-state index contributed by atoms with van der Waals surface area (Å²) in [6.07, 6.45) is -2.02. The summed E-state index contributed by atoms with van der Waals surface area (Å²) in [6.45, 7) is 1.59.